The smallest absolute Gasteiger partial charge is 0.326 e. The molecular weight excluding hydrogens is 236 g/mol. The van der Waals surface area contributed by atoms with Crippen LogP contribution in [0, 0.1) is 0 Å². The molecule has 0 saturated heterocycles. The number of carboxylic acid groups (broad SMARTS) is 3. The van der Waals surface area contributed by atoms with Gasteiger partial charge in [0.1, 0.15) is 12.6 Å². The summed E-state index contributed by atoms with van der Waals surface area (Å²) < 4.78 is 0. The van der Waals surface area contributed by atoms with Gasteiger partial charge in [-0.3, -0.25) is 9.59 Å². The average molecular weight is 248 g/mol. The van der Waals surface area contributed by atoms with E-state index < -0.39 is 42.9 Å². The fourth-order valence-electron chi connectivity index (χ4n) is 0.890. The lowest BCUT2D eigenvalue weighted by Gasteiger charge is -2.13. The van der Waals surface area contributed by atoms with Gasteiger partial charge < -0.3 is 26.0 Å². The van der Waals surface area contributed by atoms with Gasteiger partial charge in [-0.05, 0) is 6.42 Å². The van der Waals surface area contributed by atoms with Gasteiger partial charge in [-0.15, -0.1) is 0 Å². The molecule has 0 aromatic heterocycles. The van der Waals surface area contributed by atoms with Crippen molar-refractivity contribution in [3.05, 3.63) is 0 Å². The highest BCUT2D eigenvalue weighted by Gasteiger charge is 2.20. The minimum absolute atomic E-state index is 0.287. The molecule has 0 fully saturated rings. The Morgan fingerprint density at radius 1 is 1.00 bits per heavy atom. The Hall–Kier alpha value is -2.32. The van der Waals surface area contributed by atoms with Crippen LogP contribution in [0.4, 0.5) is 4.79 Å². The average Bonchev–Trinajstić information content (AvgIpc) is 2.20. The van der Waals surface area contributed by atoms with Crippen molar-refractivity contribution in [1.82, 2.24) is 10.6 Å². The van der Waals surface area contributed by atoms with Crippen molar-refractivity contribution in [1.29, 1.82) is 0 Å². The van der Waals surface area contributed by atoms with Crippen molar-refractivity contribution in [3.8, 4) is 0 Å². The maximum absolute atomic E-state index is 11.0. The molecule has 5 N–H and O–H groups in total. The number of amides is 2. The maximum Gasteiger partial charge on any atom is 0.326 e. The van der Waals surface area contributed by atoms with E-state index in [9.17, 15) is 19.2 Å². The summed E-state index contributed by atoms with van der Waals surface area (Å²) in [4.78, 5) is 42.0. The summed E-state index contributed by atoms with van der Waals surface area (Å²) in [5.74, 6) is -3.86. The number of carbonyl (C=O) groups excluding carboxylic acids is 1. The molecule has 0 bridgehead atoms. The quantitative estimate of drug-likeness (QED) is 0.374. The Morgan fingerprint density at radius 3 is 2.00 bits per heavy atom. The molecule has 0 aliphatic rings. The third kappa shape index (κ3) is 7.59. The summed E-state index contributed by atoms with van der Waals surface area (Å²) >= 11 is 0. The van der Waals surface area contributed by atoms with Gasteiger partial charge in [-0.2, -0.15) is 0 Å². The zero-order valence-corrected chi connectivity index (χ0v) is 8.67. The minimum Gasteiger partial charge on any atom is -0.481 e. The van der Waals surface area contributed by atoms with E-state index in [-0.39, 0.29) is 6.42 Å². The SMILES string of the molecule is O=C(O)CCC(NC(=O)NCC(=O)O)C(=O)O. The predicted molar refractivity (Wildman–Crippen MR) is 52.5 cm³/mol. The lowest BCUT2D eigenvalue weighted by Crippen LogP contribution is -2.47. The van der Waals surface area contributed by atoms with E-state index in [1.807, 2.05) is 10.6 Å². The van der Waals surface area contributed by atoms with Crippen molar-refractivity contribution in [3.63, 3.8) is 0 Å². The van der Waals surface area contributed by atoms with Crippen LogP contribution in [0.3, 0.4) is 0 Å². The van der Waals surface area contributed by atoms with Crippen LogP contribution in [-0.2, 0) is 14.4 Å². The second-order valence-electron chi connectivity index (χ2n) is 3.04. The van der Waals surface area contributed by atoms with Crippen LogP contribution >= 0.6 is 0 Å². The molecule has 17 heavy (non-hydrogen) atoms. The van der Waals surface area contributed by atoms with Gasteiger partial charge in [0.15, 0.2) is 0 Å². The van der Waals surface area contributed by atoms with Crippen LogP contribution in [0.5, 0.6) is 0 Å². The molecule has 0 radical (unpaired) electrons. The van der Waals surface area contributed by atoms with Crippen molar-refractivity contribution >= 4 is 23.9 Å². The van der Waals surface area contributed by atoms with E-state index in [0.29, 0.717) is 0 Å². The molecular formula is C8H12N2O7. The van der Waals surface area contributed by atoms with Crippen molar-refractivity contribution < 1.29 is 34.5 Å². The maximum atomic E-state index is 11.0. The van der Waals surface area contributed by atoms with E-state index in [4.69, 9.17) is 15.3 Å². The molecule has 9 nitrogen and oxygen atoms in total. The summed E-state index contributed by atoms with van der Waals surface area (Å²) in [5, 5.41) is 29.1. The molecule has 0 aliphatic heterocycles. The summed E-state index contributed by atoms with van der Waals surface area (Å²) in [6, 6.07) is -2.36. The largest absolute Gasteiger partial charge is 0.481 e. The lowest BCUT2D eigenvalue weighted by molar-refractivity contribution is -0.140. The molecule has 0 rings (SSSR count). The zero-order chi connectivity index (χ0) is 13.4. The Bertz CT molecular complexity index is 328. The number of nitrogens with one attached hydrogen (secondary N) is 2. The van der Waals surface area contributed by atoms with Crippen LogP contribution < -0.4 is 10.6 Å². The molecule has 9 heteroatoms. The van der Waals surface area contributed by atoms with Gasteiger partial charge in [0.05, 0.1) is 0 Å². The number of hydrogen-bond donors (Lipinski definition) is 5. The fourth-order valence-corrected chi connectivity index (χ4v) is 0.890. The Labute approximate surface area is 95.4 Å². The molecule has 0 spiro atoms. The molecule has 0 aromatic carbocycles. The van der Waals surface area contributed by atoms with E-state index in [1.54, 1.807) is 0 Å². The Balaban J connectivity index is 4.15. The Kier molecular flexibility index (Phi) is 6.08. The second-order valence-corrected chi connectivity index (χ2v) is 3.04. The van der Waals surface area contributed by atoms with Crippen LogP contribution in [0.15, 0.2) is 0 Å². The summed E-state index contributed by atoms with van der Waals surface area (Å²) in [7, 11) is 0. The number of hydrogen-bond acceptors (Lipinski definition) is 4. The van der Waals surface area contributed by atoms with Crippen molar-refractivity contribution in [2.75, 3.05) is 6.54 Å². The van der Waals surface area contributed by atoms with Gasteiger partial charge in [-0.1, -0.05) is 0 Å². The monoisotopic (exact) mass is 248 g/mol. The van der Waals surface area contributed by atoms with Crippen molar-refractivity contribution in [2.24, 2.45) is 0 Å². The first kappa shape index (κ1) is 14.7. The van der Waals surface area contributed by atoms with Gasteiger partial charge >= 0.3 is 23.9 Å². The summed E-state index contributed by atoms with van der Waals surface area (Å²) in [6.07, 6.45) is -0.707. The number of rotatable bonds is 7. The predicted octanol–water partition coefficient (Wildman–Crippen LogP) is -1.31. The third-order valence-electron chi connectivity index (χ3n) is 1.65. The molecule has 1 unspecified atom stereocenters. The second kappa shape index (κ2) is 7.04. The van der Waals surface area contributed by atoms with Gasteiger partial charge in [-0.25, -0.2) is 9.59 Å². The normalized spacial score (nSPS) is 11.3. The van der Waals surface area contributed by atoms with Gasteiger partial charge in [0.2, 0.25) is 0 Å². The van der Waals surface area contributed by atoms with Crippen LogP contribution in [-0.4, -0.2) is 51.8 Å². The topological polar surface area (TPSA) is 153 Å². The first-order chi connectivity index (χ1) is 7.82. The first-order valence-corrected chi connectivity index (χ1v) is 4.53. The van der Waals surface area contributed by atoms with Crippen LogP contribution in [0.2, 0.25) is 0 Å². The molecule has 1 atom stereocenters. The number of carbonyl (C=O) groups is 4. The highest BCUT2D eigenvalue weighted by molar-refractivity contribution is 5.84. The fraction of sp³-hybridized carbons (Fsp3) is 0.500. The van der Waals surface area contributed by atoms with E-state index in [1.165, 1.54) is 0 Å². The first-order valence-electron chi connectivity index (χ1n) is 4.53. The number of aliphatic carboxylic acids is 3. The minimum atomic E-state index is -1.39. The zero-order valence-electron chi connectivity index (χ0n) is 8.67. The molecule has 0 saturated carbocycles. The van der Waals surface area contributed by atoms with Crippen LogP contribution in [0.25, 0.3) is 0 Å². The summed E-state index contributed by atoms with van der Waals surface area (Å²) in [5.41, 5.74) is 0. The standard InChI is InChI=1S/C8H12N2O7/c11-5(12)2-1-4(7(15)16)10-8(17)9-3-6(13)14/h4H,1-3H2,(H,11,12)(H,13,14)(H,15,16)(H2,9,10,17). The van der Waals surface area contributed by atoms with Gasteiger partial charge in [0, 0.05) is 6.42 Å². The number of carboxylic acids is 3. The Morgan fingerprint density at radius 2 is 1.59 bits per heavy atom. The van der Waals surface area contributed by atoms with Gasteiger partial charge in [0.25, 0.3) is 0 Å². The molecule has 96 valence electrons. The lowest BCUT2D eigenvalue weighted by atomic mass is 10.1. The van der Waals surface area contributed by atoms with E-state index >= 15 is 0 Å². The molecule has 0 aromatic rings. The molecule has 2 amide bonds. The summed E-state index contributed by atoms with van der Waals surface area (Å²) in [6.45, 7) is -0.656. The van der Waals surface area contributed by atoms with E-state index in [2.05, 4.69) is 0 Å². The molecule has 0 aliphatic carbocycles. The van der Waals surface area contributed by atoms with Crippen molar-refractivity contribution in [2.45, 2.75) is 18.9 Å². The third-order valence-corrected chi connectivity index (χ3v) is 1.65. The van der Waals surface area contributed by atoms with Crippen LogP contribution in [0.1, 0.15) is 12.8 Å². The number of urea groups is 1. The molecule has 0 heterocycles. The van der Waals surface area contributed by atoms with E-state index in [0.717, 1.165) is 0 Å². The highest BCUT2D eigenvalue weighted by Crippen LogP contribution is 1.97. The highest BCUT2D eigenvalue weighted by atomic mass is 16.4.